The second kappa shape index (κ2) is 9.90. The summed E-state index contributed by atoms with van der Waals surface area (Å²) in [7, 11) is 0. The van der Waals surface area contributed by atoms with Crippen LogP contribution in [0.4, 0.5) is 11.5 Å². The number of amides is 1. The third-order valence-electron chi connectivity index (χ3n) is 6.68. The molecule has 0 radical (unpaired) electrons. The number of anilines is 1. The van der Waals surface area contributed by atoms with Gasteiger partial charge < -0.3 is 10.2 Å². The molecule has 1 aliphatic heterocycles. The van der Waals surface area contributed by atoms with Crippen LogP contribution < -0.4 is 10.2 Å². The Hall–Kier alpha value is -3.30. The maximum Gasteiger partial charge on any atom is 0.276 e. The number of fused-ring (bicyclic) bond motifs is 1. The van der Waals surface area contributed by atoms with E-state index >= 15 is 0 Å². The minimum Gasteiger partial charge on any atom is -0.353 e. The Bertz CT molecular complexity index is 1220. The highest BCUT2D eigenvalue weighted by atomic mass is 32.1. The number of nitrogens with zero attached hydrogens (tertiary/aromatic N) is 4. The minimum atomic E-state index is -0.439. The number of carbonyl (C=O) groups is 1. The van der Waals surface area contributed by atoms with E-state index in [0.717, 1.165) is 45.0 Å². The molecule has 1 saturated carbocycles. The third kappa shape index (κ3) is 5.10. The molecule has 1 amide bonds. The van der Waals surface area contributed by atoms with Crippen molar-refractivity contribution in [2.45, 2.75) is 6.42 Å². The number of hydrogen-bond acceptors (Lipinski definition) is 7. The van der Waals surface area contributed by atoms with E-state index in [1.807, 2.05) is 0 Å². The summed E-state index contributed by atoms with van der Waals surface area (Å²) >= 11 is 1.57. The molecule has 3 aromatic rings. The van der Waals surface area contributed by atoms with Gasteiger partial charge in [-0.3, -0.25) is 19.8 Å². The summed E-state index contributed by atoms with van der Waals surface area (Å²) in [6.45, 7) is 5.74. The van der Waals surface area contributed by atoms with Crippen LogP contribution in [-0.4, -0.2) is 59.4 Å². The lowest BCUT2D eigenvalue weighted by molar-refractivity contribution is -0.385. The summed E-state index contributed by atoms with van der Waals surface area (Å²) < 4.78 is 5.92. The van der Waals surface area contributed by atoms with Gasteiger partial charge in [-0.25, -0.2) is 0 Å². The number of nitro groups is 1. The van der Waals surface area contributed by atoms with E-state index in [1.165, 1.54) is 28.3 Å². The van der Waals surface area contributed by atoms with Crippen molar-refractivity contribution in [3.05, 3.63) is 70.3 Å². The zero-order valence-electron chi connectivity index (χ0n) is 18.8. The summed E-state index contributed by atoms with van der Waals surface area (Å²) in [5, 5.41) is 15.3. The van der Waals surface area contributed by atoms with Gasteiger partial charge in [-0.2, -0.15) is 4.37 Å². The predicted octanol–water partition coefficient (Wildman–Crippen LogP) is 3.79. The van der Waals surface area contributed by atoms with E-state index in [9.17, 15) is 14.9 Å². The number of hydrogen-bond donors (Lipinski definition) is 1. The molecule has 2 heterocycles. The van der Waals surface area contributed by atoms with Crippen molar-refractivity contribution in [3.8, 4) is 0 Å². The lowest BCUT2D eigenvalue weighted by atomic mass is 10.1. The molecule has 176 valence electrons. The van der Waals surface area contributed by atoms with E-state index in [1.54, 1.807) is 29.7 Å². The highest BCUT2D eigenvalue weighted by Crippen LogP contribution is 2.39. The quantitative estimate of drug-likeness (QED) is 0.302. The van der Waals surface area contributed by atoms with Gasteiger partial charge in [0.05, 0.1) is 15.2 Å². The van der Waals surface area contributed by atoms with Crippen molar-refractivity contribution in [1.82, 2.24) is 14.6 Å². The molecular formula is C25H27N5O3S. The van der Waals surface area contributed by atoms with E-state index in [-0.39, 0.29) is 11.6 Å². The number of aromatic nitrogens is 1. The Morgan fingerprint density at radius 2 is 1.88 bits per heavy atom. The topological polar surface area (TPSA) is 91.6 Å². The van der Waals surface area contributed by atoms with E-state index < -0.39 is 4.92 Å². The van der Waals surface area contributed by atoms with Crippen LogP contribution in [0.15, 0.2) is 54.6 Å². The summed E-state index contributed by atoms with van der Waals surface area (Å²) in [6, 6.07) is 14.8. The molecule has 1 aromatic heterocycles. The highest BCUT2D eigenvalue weighted by molar-refractivity contribution is 7.13. The Morgan fingerprint density at radius 3 is 2.71 bits per heavy atom. The average Bonchev–Trinajstić information content (AvgIpc) is 3.45. The second-order valence-corrected chi connectivity index (χ2v) is 9.75. The number of carbonyl (C=O) groups excluding carboxylic acids is 1. The van der Waals surface area contributed by atoms with Gasteiger partial charge in [0, 0.05) is 56.8 Å². The predicted molar refractivity (Wildman–Crippen MR) is 135 cm³/mol. The van der Waals surface area contributed by atoms with Crippen molar-refractivity contribution in [1.29, 1.82) is 0 Å². The second-order valence-electron chi connectivity index (χ2n) is 8.94. The third-order valence-corrected chi connectivity index (χ3v) is 7.50. The Labute approximate surface area is 202 Å². The number of piperazine rings is 1. The zero-order valence-corrected chi connectivity index (χ0v) is 19.6. The van der Waals surface area contributed by atoms with E-state index in [2.05, 4.69) is 43.8 Å². The summed E-state index contributed by atoms with van der Waals surface area (Å²) in [6.07, 6.45) is 4.01. The largest absolute Gasteiger partial charge is 0.353 e. The lowest BCUT2D eigenvalue weighted by Gasteiger charge is -2.35. The van der Waals surface area contributed by atoms with Gasteiger partial charge in [0.2, 0.25) is 5.91 Å². The van der Waals surface area contributed by atoms with Gasteiger partial charge in [-0.15, -0.1) is 0 Å². The van der Waals surface area contributed by atoms with Crippen LogP contribution in [0.5, 0.6) is 0 Å². The monoisotopic (exact) mass is 477 g/mol. The van der Waals surface area contributed by atoms with Gasteiger partial charge in [0.25, 0.3) is 5.69 Å². The number of benzene rings is 2. The van der Waals surface area contributed by atoms with Crippen molar-refractivity contribution in [3.63, 3.8) is 0 Å². The Balaban J connectivity index is 1.04. The van der Waals surface area contributed by atoms with Crippen LogP contribution in [0.1, 0.15) is 12.0 Å². The highest BCUT2D eigenvalue weighted by Gasteiger charge is 2.38. The normalized spacial score (nSPS) is 20.6. The summed E-state index contributed by atoms with van der Waals surface area (Å²) in [4.78, 5) is 27.7. The molecule has 2 fully saturated rings. The van der Waals surface area contributed by atoms with Gasteiger partial charge in [0.1, 0.15) is 5.82 Å². The minimum absolute atomic E-state index is 0.00290. The van der Waals surface area contributed by atoms with E-state index in [4.69, 9.17) is 0 Å². The summed E-state index contributed by atoms with van der Waals surface area (Å²) in [5.74, 6) is 2.02. The van der Waals surface area contributed by atoms with Crippen molar-refractivity contribution in [2.75, 3.05) is 44.2 Å². The fourth-order valence-electron chi connectivity index (χ4n) is 4.61. The molecule has 0 bridgehead atoms. The van der Waals surface area contributed by atoms with Gasteiger partial charge >= 0.3 is 0 Å². The Morgan fingerprint density at radius 1 is 1.12 bits per heavy atom. The molecule has 8 nitrogen and oxygen atoms in total. The molecule has 1 saturated heterocycles. The van der Waals surface area contributed by atoms with Crippen LogP contribution in [-0.2, 0) is 4.79 Å². The summed E-state index contributed by atoms with van der Waals surface area (Å²) in [5.41, 5.74) is 0.425. The molecule has 9 heteroatoms. The first-order valence-corrected chi connectivity index (χ1v) is 12.4. The molecule has 0 unspecified atom stereocenters. The van der Waals surface area contributed by atoms with Gasteiger partial charge in [-0.05, 0) is 54.1 Å². The maximum atomic E-state index is 12.2. The van der Waals surface area contributed by atoms with Crippen LogP contribution >= 0.6 is 11.5 Å². The molecule has 1 aliphatic carbocycles. The van der Waals surface area contributed by atoms with Crippen LogP contribution in [0.2, 0.25) is 0 Å². The molecule has 0 spiro atoms. The van der Waals surface area contributed by atoms with Crippen molar-refractivity contribution >= 4 is 45.1 Å². The maximum absolute atomic E-state index is 12.2. The van der Waals surface area contributed by atoms with Crippen molar-refractivity contribution < 1.29 is 9.72 Å². The molecule has 1 N–H and O–H groups in total. The van der Waals surface area contributed by atoms with Gasteiger partial charge in [-0.1, -0.05) is 24.3 Å². The SMILES string of the molecule is O=C(C=Cc1ccccc1[N+](=O)[O-])NC[C@H]1C[C@@H]1CN1CCN(c2nsc3ccccc23)CC1. The van der Waals surface area contributed by atoms with Crippen LogP contribution in [0, 0.1) is 22.0 Å². The van der Waals surface area contributed by atoms with Crippen molar-refractivity contribution in [2.24, 2.45) is 11.8 Å². The number of nitro benzene ring substituents is 1. The number of rotatable bonds is 8. The molecular weight excluding hydrogens is 450 g/mol. The van der Waals surface area contributed by atoms with Crippen LogP contribution in [0.3, 0.4) is 0 Å². The number of nitrogens with one attached hydrogen (secondary N) is 1. The fraction of sp³-hybridized carbons (Fsp3) is 0.360. The standard InChI is InChI=1S/C25H27N5O3S/c31-24(10-9-18-5-1-3-7-22(18)30(32)33)26-16-19-15-20(19)17-28-11-13-29(14-12-28)25-21-6-2-4-8-23(21)34-27-25/h1-10,19-20H,11-17H2,(H,26,31)/t19-,20-/m1/s1. The first-order chi connectivity index (χ1) is 16.6. The molecule has 5 rings (SSSR count). The fourth-order valence-corrected chi connectivity index (χ4v) is 5.40. The van der Waals surface area contributed by atoms with Gasteiger partial charge in [0.15, 0.2) is 0 Å². The molecule has 2 aliphatic rings. The molecule has 2 aromatic carbocycles. The molecule has 34 heavy (non-hydrogen) atoms. The smallest absolute Gasteiger partial charge is 0.276 e. The number of para-hydroxylation sites is 1. The first-order valence-electron chi connectivity index (χ1n) is 11.6. The average molecular weight is 478 g/mol. The lowest BCUT2D eigenvalue weighted by Crippen LogP contribution is -2.47. The Kier molecular flexibility index (Phi) is 6.55. The van der Waals surface area contributed by atoms with E-state index in [0.29, 0.717) is 23.9 Å². The zero-order chi connectivity index (χ0) is 23.5. The van der Waals surface area contributed by atoms with Crippen LogP contribution in [0.25, 0.3) is 16.2 Å². The molecule has 2 atom stereocenters. The first kappa shape index (κ1) is 22.5.